The molecule has 0 radical (unpaired) electrons. The van der Waals surface area contributed by atoms with Gasteiger partial charge in [0.1, 0.15) is 24.0 Å². The minimum absolute atomic E-state index is 0.0922. The number of halogens is 1. The maximum Gasteiger partial charge on any atom is 0.262 e. The highest BCUT2D eigenvalue weighted by Crippen LogP contribution is 2.55. The van der Waals surface area contributed by atoms with E-state index in [4.69, 9.17) is 16.3 Å². The Morgan fingerprint density at radius 2 is 1.61 bits per heavy atom. The first-order valence-electron chi connectivity index (χ1n) is 19.8. The van der Waals surface area contributed by atoms with E-state index in [9.17, 15) is 29.2 Å². The summed E-state index contributed by atoms with van der Waals surface area (Å²) in [5, 5.41) is 18.5. The number of nitriles is 1. The van der Waals surface area contributed by atoms with Crippen LogP contribution in [0.25, 0.3) is 0 Å². The Morgan fingerprint density at radius 1 is 0.912 bits per heavy atom. The van der Waals surface area contributed by atoms with Gasteiger partial charge in [-0.3, -0.25) is 34.2 Å². The van der Waals surface area contributed by atoms with E-state index < -0.39 is 29.7 Å². The molecule has 0 aromatic heterocycles. The van der Waals surface area contributed by atoms with Gasteiger partial charge < -0.3 is 20.3 Å². The molecule has 2 saturated heterocycles. The lowest BCUT2D eigenvalue weighted by atomic mass is 9.49. The van der Waals surface area contributed by atoms with E-state index in [0.717, 1.165) is 68.0 Å². The summed E-state index contributed by atoms with van der Waals surface area (Å²) in [6, 6.07) is 18.9. The van der Waals surface area contributed by atoms with Gasteiger partial charge in [0.05, 0.1) is 21.7 Å². The third kappa shape index (κ3) is 7.82. The number of rotatable bonds is 12. The maximum absolute atomic E-state index is 13.3. The highest BCUT2D eigenvalue weighted by Gasteiger charge is 2.64. The van der Waals surface area contributed by atoms with Crippen LogP contribution in [0.15, 0.2) is 60.7 Å². The molecule has 1 unspecified atom stereocenters. The van der Waals surface area contributed by atoms with Crippen molar-refractivity contribution < 1.29 is 28.7 Å². The number of carbonyl (C=O) groups is 5. The zero-order valence-corrected chi connectivity index (χ0v) is 33.6. The quantitative estimate of drug-likeness (QED) is 0.134. The number of anilines is 2. The Labute approximate surface area is 338 Å². The Hall–Kier alpha value is -5.41. The Morgan fingerprint density at radius 3 is 2.28 bits per heavy atom. The second-order valence-corrected chi connectivity index (χ2v) is 17.3. The molecule has 57 heavy (non-hydrogen) atoms. The van der Waals surface area contributed by atoms with Crippen LogP contribution >= 0.6 is 11.6 Å². The van der Waals surface area contributed by atoms with Crippen LogP contribution in [0.4, 0.5) is 11.4 Å². The van der Waals surface area contributed by atoms with E-state index in [-0.39, 0.29) is 41.7 Å². The molecule has 1 atom stereocenters. The topological polar surface area (TPSA) is 161 Å². The second-order valence-electron chi connectivity index (χ2n) is 16.9. The third-order valence-electron chi connectivity index (χ3n) is 12.3. The number of imide groups is 2. The van der Waals surface area contributed by atoms with Crippen LogP contribution in [0.5, 0.6) is 5.75 Å². The van der Waals surface area contributed by atoms with Crippen molar-refractivity contribution in [3.63, 3.8) is 0 Å². The molecular formula is C44H49ClN6O6. The molecule has 13 heteroatoms. The van der Waals surface area contributed by atoms with Crippen LogP contribution in [0.3, 0.4) is 0 Å². The van der Waals surface area contributed by atoms with Crippen molar-refractivity contribution in [2.75, 3.05) is 29.9 Å². The van der Waals surface area contributed by atoms with Crippen molar-refractivity contribution >= 4 is 52.5 Å². The van der Waals surface area contributed by atoms with Gasteiger partial charge in [-0.15, -0.1) is 0 Å². The first-order valence-corrected chi connectivity index (χ1v) is 20.2. The average molecular weight is 793 g/mol. The third-order valence-corrected chi connectivity index (χ3v) is 12.7. The molecule has 298 valence electrons. The van der Waals surface area contributed by atoms with Crippen LogP contribution in [0.1, 0.15) is 109 Å². The number of nitrogens with zero attached hydrogens (tertiary/aromatic N) is 3. The van der Waals surface area contributed by atoms with Crippen molar-refractivity contribution in [1.29, 1.82) is 5.26 Å². The molecule has 3 aliphatic heterocycles. The Balaban J connectivity index is 0.820. The van der Waals surface area contributed by atoms with Crippen molar-refractivity contribution in [3.05, 3.63) is 87.9 Å². The summed E-state index contributed by atoms with van der Waals surface area (Å²) in [4.78, 5) is 66.9. The summed E-state index contributed by atoms with van der Waals surface area (Å²) in [6.45, 7) is 10.9. The van der Waals surface area contributed by atoms with E-state index in [2.05, 4.69) is 54.6 Å². The normalized spacial score (nSPS) is 22.6. The predicted molar refractivity (Wildman–Crippen MR) is 216 cm³/mol. The van der Waals surface area contributed by atoms with Gasteiger partial charge in [0, 0.05) is 65.9 Å². The molecule has 7 rings (SSSR count). The number of hydrogen-bond donors (Lipinski definition) is 3. The summed E-state index contributed by atoms with van der Waals surface area (Å²) in [6.07, 6.45) is 5.38. The average Bonchev–Trinajstić information content (AvgIpc) is 3.44. The predicted octanol–water partition coefficient (Wildman–Crippen LogP) is 6.72. The molecule has 5 amide bonds. The van der Waals surface area contributed by atoms with Crippen molar-refractivity contribution in [2.24, 2.45) is 16.7 Å². The first-order chi connectivity index (χ1) is 27.2. The molecule has 3 fully saturated rings. The Bertz CT molecular complexity index is 2120. The second kappa shape index (κ2) is 15.9. The van der Waals surface area contributed by atoms with Gasteiger partial charge in [0.15, 0.2) is 0 Å². The smallest absolute Gasteiger partial charge is 0.262 e. The molecule has 3 heterocycles. The van der Waals surface area contributed by atoms with Gasteiger partial charge in [-0.05, 0) is 86.2 Å². The van der Waals surface area contributed by atoms with E-state index in [1.807, 2.05) is 30.3 Å². The molecular weight excluding hydrogens is 744 g/mol. The van der Waals surface area contributed by atoms with E-state index in [0.29, 0.717) is 38.9 Å². The standard InChI is InChI=1S/C44H49ClN6O6/c1-43(2)41(44(3,4)42(43)57-31-14-10-28(25-46)34(45)24-31)49-37(53)27-8-11-29(12-9-27)47-20-6-5-7-26-18-21-50(22-19-26)30-13-15-32-33(23-30)40(56)51(39(32)55)35-16-17-36(52)48-38(35)54/h8-15,23-24,26,35,41-42,47H,5-7,16-22H2,1-4H3,(H,49,53)(H,48,52,54). The van der Waals surface area contributed by atoms with Crippen LogP contribution in [-0.4, -0.2) is 72.3 Å². The fraction of sp³-hybridized carbons (Fsp3) is 0.455. The Kier molecular flexibility index (Phi) is 11.1. The fourth-order valence-corrected chi connectivity index (χ4v) is 9.69. The molecule has 1 saturated carbocycles. The number of amides is 5. The fourth-order valence-electron chi connectivity index (χ4n) is 9.48. The molecule has 1 aliphatic carbocycles. The van der Waals surface area contributed by atoms with Crippen LogP contribution in [-0.2, 0) is 9.59 Å². The summed E-state index contributed by atoms with van der Waals surface area (Å²) in [5.41, 5.74) is 2.76. The zero-order valence-electron chi connectivity index (χ0n) is 32.8. The van der Waals surface area contributed by atoms with Gasteiger partial charge in [0.2, 0.25) is 11.8 Å². The summed E-state index contributed by atoms with van der Waals surface area (Å²) in [7, 11) is 0. The van der Waals surface area contributed by atoms with Crippen LogP contribution in [0.2, 0.25) is 5.02 Å². The summed E-state index contributed by atoms with van der Waals surface area (Å²) < 4.78 is 6.35. The number of piperidine rings is 2. The van der Waals surface area contributed by atoms with E-state index >= 15 is 0 Å². The molecule has 3 aromatic carbocycles. The maximum atomic E-state index is 13.3. The molecule has 0 bridgehead atoms. The monoisotopic (exact) mass is 792 g/mol. The zero-order chi connectivity index (χ0) is 40.6. The van der Waals surface area contributed by atoms with Gasteiger partial charge in [-0.2, -0.15) is 5.26 Å². The summed E-state index contributed by atoms with van der Waals surface area (Å²) >= 11 is 6.23. The van der Waals surface area contributed by atoms with Crippen molar-refractivity contribution in [3.8, 4) is 11.8 Å². The molecule has 12 nitrogen and oxygen atoms in total. The van der Waals surface area contributed by atoms with Crippen molar-refractivity contribution in [2.45, 2.75) is 90.8 Å². The van der Waals surface area contributed by atoms with Gasteiger partial charge in [-0.1, -0.05) is 52.1 Å². The van der Waals surface area contributed by atoms with Gasteiger partial charge in [-0.25, -0.2) is 0 Å². The number of hydrogen-bond acceptors (Lipinski definition) is 9. The van der Waals surface area contributed by atoms with Crippen LogP contribution < -0.4 is 25.6 Å². The minimum atomic E-state index is -0.970. The van der Waals surface area contributed by atoms with Gasteiger partial charge in [0.25, 0.3) is 17.7 Å². The molecule has 3 N–H and O–H groups in total. The van der Waals surface area contributed by atoms with Gasteiger partial charge >= 0.3 is 0 Å². The molecule has 3 aromatic rings. The van der Waals surface area contributed by atoms with E-state index in [1.54, 1.807) is 30.3 Å². The number of nitrogens with one attached hydrogen (secondary N) is 3. The lowest BCUT2D eigenvalue weighted by molar-refractivity contribution is -0.164. The van der Waals surface area contributed by atoms with Crippen molar-refractivity contribution in [1.82, 2.24) is 15.5 Å². The first kappa shape index (κ1) is 39.8. The SMILES string of the molecule is CC1(C)C(NC(=O)c2ccc(NCCCCC3CCN(c4ccc5c(c4)C(=O)N(C4CCC(=O)NC4=O)C5=O)CC3)cc2)C(C)(C)C1Oc1ccc(C#N)c(Cl)c1. The lowest BCUT2D eigenvalue weighted by Crippen LogP contribution is -2.74. The highest BCUT2D eigenvalue weighted by atomic mass is 35.5. The molecule has 4 aliphatic rings. The number of unbranched alkanes of at least 4 members (excludes halogenated alkanes) is 1. The lowest BCUT2D eigenvalue weighted by Gasteiger charge is -2.63. The number of fused-ring (bicyclic) bond motifs is 1. The highest BCUT2D eigenvalue weighted by molar-refractivity contribution is 6.31. The largest absolute Gasteiger partial charge is 0.489 e. The number of carbonyl (C=O) groups excluding carboxylic acids is 5. The molecule has 0 spiro atoms. The number of benzene rings is 3. The minimum Gasteiger partial charge on any atom is -0.489 e. The van der Waals surface area contributed by atoms with Crippen LogP contribution in [0, 0.1) is 28.1 Å². The van der Waals surface area contributed by atoms with E-state index in [1.165, 1.54) is 0 Å². The number of ether oxygens (including phenoxy) is 1. The summed E-state index contributed by atoms with van der Waals surface area (Å²) in [5.74, 6) is -0.896.